The van der Waals surface area contributed by atoms with Gasteiger partial charge >= 0.3 is 0 Å². The van der Waals surface area contributed by atoms with Gasteiger partial charge in [-0.2, -0.15) is 5.10 Å². The van der Waals surface area contributed by atoms with E-state index in [1.807, 2.05) is 41.4 Å². The van der Waals surface area contributed by atoms with Crippen molar-refractivity contribution in [2.45, 2.75) is 18.7 Å². The summed E-state index contributed by atoms with van der Waals surface area (Å²) in [5, 5.41) is 16.7. The van der Waals surface area contributed by atoms with Crippen molar-refractivity contribution in [2.75, 3.05) is 7.11 Å². The fourth-order valence-corrected chi connectivity index (χ4v) is 3.85. The fourth-order valence-electron chi connectivity index (χ4n) is 3.85. The van der Waals surface area contributed by atoms with E-state index in [0.717, 1.165) is 28.2 Å². The third-order valence-electron chi connectivity index (χ3n) is 5.15. The molecule has 3 heterocycles. The molecule has 6 heteroatoms. The highest BCUT2D eigenvalue weighted by Gasteiger charge is 2.42. The van der Waals surface area contributed by atoms with Gasteiger partial charge in [-0.25, -0.2) is 5.01 Å². The third-order valence-corrected chi connectivity index (χ3v) is 5.15. The van der Waals surface area contributed by atoms with Gasteiger partial charge in [0, 0.05) is 35.5 Å². The third kappa shape index (κ3) is 2.65. The number of rotatable bonds is 3. The van der Waals surface area contributed by atoms with Crippen molar-refractivity contribution in [1.82, 2.24) is 9.99 Å². The van der Waals surface area contributed by atoms with Gasteiger partial charge in [0.05, 0.1) is 18.9 Å². The lowest BCUT2D eigenvalue weighted by Gasteiger charge is -2.38. The average molecular weight is 373 g/mol. The summed E-state index contributed by atoms with van der Waals surface area (Å²) in [6.45, 7) is 0. The van der Waals surface area contributed by atoms with Crippen molar-refractivity contribution >= 4 is 5.71 Å². The Labute approximate surface area is 162 Å². The molecule has 2 aromatic carbocycles. The number of phenolic OH excluding ortho intramolecular Hbond substituents is 1. The molecule has 6 nitrogen and oxygen atoms in total. The van der Waals surface area contributed by atoms with Crippen LogP contribution in [0.15, 0.2) is 72.1 Å². The Kier molecular flexibility index (Phi) is 3.90. The Morgan fingerprint density at radius 3 is 2.82 bits per heavy atom. The van der Waals surface area contributed by atoms with Crippen molar-refractivity contribution in [3.8, 4) is 17.2 Å². The average Bonchev–Trinajstić information content (AvgIpc) is 3.19. The Bertz CT molecular complexity index is 1050. The summed E-state index contributed by atoms with van der Waals surface area (Å²) in [6.07, 6.45) is 3.84. The van der Waals surface area contributed by atoms with Gasteiger partial charge in [0.2, 0.25) is 6.23 Å². The zero-order chi connectivity index (χ0) is 19.1. The lowest BCUT2D eigenvalue weighted by molar-refractivity contribution is -0.0211. The molecule has 2 atom stereocenters. The standard InChI is InChI=1S/C22H19N3O3/c1-27-20-9-3-8-17-19-12-18(14-5-2-7-16(26)11-14)24-25(19)22(28-21(17)20)15-6-4-10-23-13-15/h2-11,13,19,22,26H,12H2,1H3/t19-,22+/m1/s1. The first-order chi connectivity index (χ1) is 13.7. The highest BCUT2D eigenvalue weighted by atomic mass is 16.5. The molecule has 5 rings (SSSR count). The summed E-state index contributed by atoms with van der Waals surface area (Å²) in [5.41, 5.74) is 3.78. The number of para-hydroxylation sites is 1. The number of nitrogens with zero attached hydrogens (tertiary/aromatic N) is 3. The van der Waals surface area contributed by atoms with Crippen LogP contribution >= 0.6 is 0 Å². The molecular formula is C22H19N3O3. The number of pyridine rings is 1. The molecule has 0 saturated carbocycles. The minimum absolute atomic E-state index is 0.0152. The molecule has 0 saturated heterocycles. The SMILES string of the molecule is COc1cccc2c1O[C@@H](c1cccnc1)N1N=C(c3cccc(O)c3)C[C@H]21. The smallest absolute Gasteiger partial charge is 0.215 e. The quantitative estimate of drug-likeness (QED) is 0.751. The second kappa shape index (κ2) is 6.56. The second-order valence-corrected chi connectivity index (χ2v) is 6.83. The van der Waals surface area contributed by atoms with Crippen molar-refractivity contribution in [1.29, 1.82) is 0 Å². The van der Waals surface area contributed by atoms with E-state index in [9.17, 15) is 5.11 Å². The molecule has 1 N–H and O–H groups in total. The zero-order valence-electron chi connectivity index (χ0n) is 15.3. The van der Waals surface area contributed by atoms with Crippen molar-refractivity contribution in [3.05, 3.63) is 83.7 Å². The number of hydrogen-bond donors (Lipinski definition) is 1. The summed E-state index contributed by atoms with van der Waals surface area (Å²) in [5.74, 6) is 1.68. The van der Waals surface area contributed by atoms with Crippen LogP contribution in [0.2, 0.25) is 0 Å². The molecule has 0 spiro atoms. The van der Waals surface area contributed by atoms with E-state index in [2.05, 4.69) is 11.1 Å². The van der Waals surface area contributed by atoms with Crippen LogP contribution in [0.3, 0.4) is 0 Å². The number of methoxy groups -OCH3 is 1. The molecule has 0 unspecified atom stereocenters. The van der Waals surface area contributed by atoms with Crippen LogP contribution < -0.4 is 9.47 Å². The molecule has 140 valence electrons. The van der Waals surface area contributed by atoms with E-state index in [1.54, 1.807) is 31.6 Å². The van der Waals surface area contributed by atoms with Crippen LogP contribution in [0.5, 0.6) is 17.2 Å². The summed E-state index contributed by atoms with van der Waals surface area (Å²) < 4.78 is 11.9. The number of hydrogen-bond acceptors (Lipinski definition) is 6. The van der Waals surface area contributed by atoms with Crippen LogP contribution in [0.4, 0.5) is 0 Å². The van der Waals surface area contributed by atoms with E-state index < -0.39 is 6.23 Å². The highest BCUT2D eigenvalue weighted by molar-refractivity contribution is 6.02. The molecular weight excluding hydrogens is 354 g/mol. The number of hydrazone groups is 1. The molecule has 0 aliphatic carbocycles. The van der Waals surface area contributed by atoms with Crippen LogP contribution in [-0.2, 0) is 0 Å². The maximum atomic E-state index is 9.87. The Balaban J connectivity index is 1.63. The number of aromatic nitrogens is 1. The first kappa shape index (κ1) is 16.6. The Morgan fingerprint density at radius 1 is 1.14 bits per heavy atom. The molecule has 2 aliphatic rings. The van der Waals surface area contributed by atoms with E-state index in [1.165, 1.54) is 0 Å². The van der Waals surface area contributed by atoms with Crippen LogP contribution in [0.25, 0.3) is 0 Å². The largest absolute Gasteiger partial charge is 0.508 e. The van der Waals surface area contributed by atoms with Gasteiger partial charge in [-0.05, 0) is 24.3 Å². The van der Waals surface area contributed by atoms with Gasteiger partial charge in [-0.15, -0.1) is 0 Å². The molecule has 1 aromatic heterocycles. The van der Waals surface area contributed by atoms with Gasteiger partial charge in [0.1, 0.15) is 5.75 Å². The van der Waals surface area contributed by atoms with Gasteiger partial charge in [0.25, 0.3) is 0 Å². The number of phenols is 1. The van der Waals surface area contributed by atoms with E-state index in [-0.39, 0.29) is 11.8 Å². The highest BCUT2D eigenvalue weighted by Crippen LogP contribution is 2.50. The van der Waals surface area contributed by atoms with Crippen molar-refractivity contribution in [3.63, 3.8) is 0 Å². The van der Waals surface area contributed by atoms with E-state index in [0.29, 0.717) is 12.2 Å². The minimum Gasteiger partial charge on any atom is -0.508 e. The van der Waals surface area contributed by atoms with Crippen LogP contribution in [0, 0.1) is 0 Å². The van der Waals surface area contributed by atoms with Gasteiger partial charge in [-0.1, -0.05) is 30.3 Å². The number of aromatic hydroxyl groups is 1. The predicted octanol–water partition coefficient (Wildman–Crippen LogP) is 4.04. The monoisotopic (exact) mass is 373 g/mol. The fraction of sp³-hybridized carbons (Fsp3) is 0.182. The lowest BCUT2D eigenvalue weighted by Crippen LogP contribution is -2.33. The molecule has 28 heavy (non-hydrogen) atoms. The normalized spacial score (nSPS) is 20.0. The molecule has 0 amide bonds. The van der Waals surface area contributed by atoms with Crippen LogP contribution in [0.1, 0.15) is 35.4 Å². The summed E-state index contributed by atoms with van der Waals surface area (Å²) >= 11 is 0. The summed E-state index contributed by atoms with van der Waals surface area (Å²) in [4.78, 5) is 4.24. The van der Waals surface area contributed by atoms with E-state index >= 15 is 0 Å². The molecule has 3 aromatic rings. The second-order valence-electron chi connectivity index (χ2n) is 6.83. The van der Waals surface area contributed by atoms with E-state index in [4.69, 9.17) is 14.6 Å². The maximum Gasteiger partial charge on any atom is 0.215 e. The Hall–Kier alpha value is -3.54. The molecule has 2 aliphatic heterocycles. The molecule has 0 radical (unpaired) electrons. The number of benzene rings is 2. The lowest BCUT2D eigenvalue weighted by atomic mass is 9.95. The first-order valence-corrected chi connectivity index (χ1v) is 9.13. The Morgan fingerprint density at radius 2 is 2.04 bits per heavy atom. The summed E-state index contributed by atoms with van der Waals surface area (Å²) in [7, 11) is 1.65. The topological polar surface area (TPSA) is 67.2 Å². The molecule has 0 bridgehead atoms. The zero-order valence-corrected chi connectivity index (χ0v) is 15.3. The predicted molar refractivity (Wildman–Crippen MR) is 104 cm³/mol. The van der Waals surface area contributed by atoms with Gasteiger partial charge in [-0.3, -0.25) is 4.98 Å². The van der Waals surface area contributed by atoms with Crippen LogP contribution in [-0.4, -0.2) is 27.9 Å². The van der Waals surface area contributed by atoms with Crippen molar-refractivity contribution < 1.29 is 14.6 Å². The van der Waals surface area contributed by atoms with Gasteiger partial charge in [0.15, 0.2) is 11.5 Å². The molecule has 0 fully saturated rings. The number of fused-ring (bicyclic) bond motifs is 3. The maximum absolute atomic E-state index is 9.87. The minimum atomic E-state index is -0.405. The summed E-state index contributed by atoms with van der Waals surface area (Å²) in [6, 6.07) is 17.0. The first-order valence-electron chi connectivity index (χ1n) is 9.13. The van der Waals surface area contributed by atoms with Crippen molar-refractivity contribution in [2.24, 2.45) is 5.10 Å². The van der Waals surface area contributed by atoms with Gasteiger partial charge < -0.3 is 14.6 Å². The number of ether oxygens (including phenoxy) is 2.